The first-order valence-corrected chi connectivity index (χ1v) is 7.29. The normalized spacial score (nSPS) is 12.7. The largest absolute Gasteiger partial charge is 0.305 e. The minimum absolute atomic E-state index is 0.421. The second-order valence-electron chi connectivity index (χ2n) is 5.00. The van der Waals surface area contributed by atoms with E-state index in [0.29, 0.717) is 6.04 Å². The minimum atomic E-state index is 0.421. The van der Waals surface area contributed by atoms with Gasteiger partial charge in [0, 0.05) is 17.5 Å². The molecule has 0 aliphatic carbocycles. The fraction of sp³-hybridized carbons (Fsp3) is 0.375. The van der Waals surface area contributed by atoms with E-state index < -0.39 is 0 Å². The maximum atomic E-state index is 3.61. The van der Waals surface area contributed by atoms with Crippen LogP contribution in [0.1, 0.15) is 40.1 Å². The van der Waals surface area contributed by atoms with E-state index in [-0.39, 0.29) is 0 Å². The Bertz CT molecular complexity index is 491. The molecule has 0 saturated carbocycles. The highest BCUT2D eigenvalue weighted by molar-refractivity contribution is 7.10. The third kappa shape index (κ3) is 3.01. The van der Waals surface area contributed by atoms with Crippen molar-refractivity contribution in [3.8, 4) is 0 Å². The van der Waals surface area contributed by atoms with Gasteiger partial charge >= 0.3 is 0 Å². The summed E-state index contributed by atoms with van der Waals surface area (Å²) in [4.78, 5) is 1.40. The zero-order valence-electron chi connectivity index (χ0n) is 11.6. The highest BCUT2D eigenvalue weighted by Crippen LogP contribution is 2.21. The van der Waals surface area contributed by atoms with Crippen LogP contribution in [0.25, 0.3) is 0 Å². The molecule has 0 saturated heterocycles. The van der Waals surface area contributed by atoms with Crippen LogP contribution in [0.4, 0.5) is 0 Å². The molecule has 0 fully saturated rings. The summed E-state index contributed by atoms with van der Waals surface area (Å²) in [5.74, 6) is 0. The van der Waals surface area contributed by atoms with Gasteiger partial charge in [-0.1, -0.05) is 23.8 Å². The van der Waals surface area contributed by atoms with E-state index in [0.717, 1.165) is 6.54 Å². The van der Waals surface area contributed by atoms with Gasteiger partial charge in [0.1, 0.15) is 0 Å². The first-order valence-electron chi connectivity index (χ1n) is 6.41. The van der Waals surface area contributed by atoms with Crippen molar-refractivity contribution >= 4 is 11.3 Å². The maximum Gasteiger partial charge on any atom is 0.0388 e. The molecule has 1 N–H and O–H groups in total. The van der Waals surface area contributed by atoms with Gasteiger partial charge in [-0.15, -0.1) is 11.3 Å². The van der Waals surface area contributed by atoms with Crippen LogP contribution < -0.4 is 5.32 Å². The summed E-state index contributed by atoms with van der Waals surface area (Å²) in [6.07, 6.45) is 0. The lowest BCUT2D eigenvalue weighted by Crippen LogP contribution is -2.18. The van der Waals surface area contributed by atoms with Crippen molar-refractivity contribution in [2.75, 3.05) is 0 Å². The molecule has 0 bridgehead atoms. The fourth-order valence-electron chi connectivity index (χ4n) is 2.38. The third-order valence-corrected chi connectivity index (χ3v) is 4.45. The zero-order chi connectivity index (χ0) is 13.1. The average Bonchev–Trinajstić information content (AvgIpc) is 2.80. The summed E-state index contributed by atoms with van der Waals surface area (Å²) in [6, 6.07) is 9.25. The van der Waals surface area contributed by atoms with Crippen molar-refractivity contribution in [1.82, 2.24) is 5.32 Å². The number of rotatable bonds is 4. The highest BCUT2D eigenvalue weighted by Gasteiger charge is 2.08. The first kappa shape index (κ1) is 13.3. The van der Waals surface area contributed by atoms with Gasteiger partial charge in [-0.05, 0) is 55.8 Å². The maximum absolute atomic E-state index is 3.61. The van der Waals surface area contributed by atoms with Crippen molar-refractivity contribution < 1.29 is 0 Å². The quantitative estimate of drug-likeness (QED) is 0.851. The zero-order valence-corrected chi connectivity index (χ0v) is 12.4. The van der Waals surface area contributed by atoms with E-state index in [1.165, 1.54) is 27.1 Å². The summed E-state index contributed by atoms with van der Waals surface area (Å²) in [6.45, 7) is 9.73. The van der Waals surface area contributed by atoms with Crippen LogP contribution in [-0.4, -0.2) is 0 Å². The first-order chi connectivity index (χ1) is 8.58. The van der Waals surface area contributed by atoms with Crippen LogP contribution in [0.5, 0.6) is 0 Å². The molecule has 0 radical (unpaired) electrons. The Labute approximate surface area is 114 Å². The average molecular weight is 259 g/mol. The Hall–Kier alpha value is -1.12. The monoisotopic (exact) mass is 259 g/mol. The summed E-state index contributed by atoms with van der Waals surface area (Å²) >= 11 is 1.81. The topological polar surface area (TPSA) is 12.0 Å². The predicted octanol–water partition coefficient (Wildman–Crippen LogP) is 4.52. The van der Waals surface area contributed by atoms with E-state index in [2.05, 4.69) is 62.7 Å². The molecule has 2 heteroatoms. The van der Waals surface area contributed by atoms with Gasteiger partial charge in [-0.3, -0.25) is 0 Å². The lowest BCUT2D eigenvalue weighted by atomic mass is 9.99. The van der Waals surface area contributed by atoms with Crippen molar-refractivity contribution in [2.24, 2.45) is 0 Å². The molecule has 0 aliphatic rings. The molecule has 1 aromatic heterocycles. The van der Waals surface area contributed by atoms with Gasteiger partial charge in [-0.2, -0.15) is 0 Å². The molecule has 1 aromatic carbocycles. The Morgan fingerprint density at radius 3 is 2.39 bits per heavy atom. The molecule has 0 amide bonds. The summed E-state index contributed by atoms with van der Waals surface area (Å²) < 4.78 is 0. The van der Waals surface area contributed by atoms with Crippen molar-refractivity contribution in [3.63, 3.8) is 0 Å². The van der Waals surface area contributed by atoms with Crippen LogP contribution >= 0.6 is 11.3 Å². The van der Waals surface area contributed by atoms with Crippen LogP contribution in [-0.2, 0) is 6.54 Å². The Balaban J connectivity index is 2.07. The van der Waals surface area contributed by atoms with Gasteiger partial charge < -0.3 is 5.32 Å². The SMILES string of the molecule is Cc1cc(C)c(CNC(C)c2cccs2)c(C)c1. The number of benzene rings is 1. The molecular weight excluding hydrogens is 238 g/mol. The van der Waals surface area contributed by atoms with E-state index in [1.54, 1.807) is 0 Å². The summed E-state index contributed by atoms with van der Waals surface area (Å²) in [7, 11) is 0. The molecule has 2 rings (SSSR count). The minimum Gasteiger partial charge on any atom is -0.305 e. The van der Waals surface area contributed by atoms with Gasteiger partial charge in [0.2, 0.25) is 0 Å². The molecule has 2 aromatic rings. The second kappa shape index (κ2) is 5.68. The Morgan fingerprint density at radius 1 is 1.17 bits per heavy atom. The molecule has 1 unspecified atom stereocenters. The smallest absolute Gasteiger partial charge is 0.0388 e. The third-order valence-electron chi connectivity index (χ3n) is 3.40. The lowest BCUT2D eigenvalue weighted by Gasteiger charge is -2.16. The number of nitrogens with one attached hydrogen (secondary N) is 1. The van der Waals surface area contributed by atoms with E-state index in [9.17, 15) is 0 Å². The van der Waals surface area contributed by atoms with Crippen molar-refractivity contribution in [1.29, 1.82) is 0 Å². The van der Waals surface area contributed by atoms with E-state index in [1.807, 2.05) is 11.3 Å². The van der Waals surface area contributed by atoms with Gasteiger partial charge in [0.05, 0.1) is 0 Å². The van der Waals surface area contributed by atoms with Gasteiger partial charge in [-0.25, -0.2) is 0 Å². The fourth-order valence-corrected chi connectivity index (χ4v) is 3.14. The van der Waals surface area contributed by atoms with E-state index >= 15 is 0 Å². The van der Waals surface area contributed by atoms with Crippen LogP contribution in [0.3, 0.4) is 0 Å². The second-order valence-corrected chi connectivity index (χ2v) is 5.97. The Kier molecular flexibility index (Phi) is 4.20. The molecule has 0 aliphatic heterocycles. The molecule has 18 heavy (non-hydrogen) atoms. The van der Waals surface area contributed by atoms with Gasteiger partial charge in [0.15, 0.2) is 0 Å². The summed E-state index contributed by atoms with van der Waals surface area (Å²) in [5.41, 5.74) is 5.56. The molecule has 1 heterocycles. The number of hydrogen-bond donors (Lipinski definition) is 1. The molecule has 1 nitrogen and oxygen atoms in total. The number of aryl methyl sites for hydroxylation is 3. The van der Waals surface area contributed by atoms with Gasteiger partial charge in [0.25, 0.3) is 0 Å². The van der Waals surface area contributed by atoms with Crippen molar-refractivity contribution in [2.45, 2.75) is 40.3 Å². The van der Waals surface area contributed by atoms with Crippen LogP contribution in [0, 0.1) is 20.8 Å². The summed E-state index contributed by atoms with van der Waals surface area (Å²) in [5, 5.41) is 5.75. The predicted molar refractivity (Wildman–Crippen MR) is 80.2 cm³/mol. The standard InChI is InChI=1S/C16H21NS/c1-11-8-12(2)15(13(3)9-11)10-17-14(4)16-6-5-7-18-16/h5-9,14,17H,10H2,1-4H3. The molecular formula is C16H21NS. The molecule has 1 atom stereocenters. The van der Waals surface area contributed by atoms with Crippen molar-refractivity contribution in [3.05, 3.63) is 56.8 Å². The molecule has 96 valence electrons. The highest BCUT2D eigenvalue weighted by atomic mass is 32.1. The lowest BCUT2D eigenvalue weighted by molar-refractivity contribution is 0.580. The number of thiophene rings is 1. The number of hydrogen-bond acceptors (Lipinski definition) is 2. The van der Waals surface area contributed by atoms with Crippen LogP contribution in [0.15, 0.2) is 29.6 Å². The van der Waals surface area contributed by atoms with Crippen LogP contribution in [0.2, 0.25) is 0 Å². The van der Waals surface area contributed by atoms with E-state index in [4.69, 9.17) is 0 Å². The molecule has 0 spiro atoms. The Morgan fingerprint density at radius 2 is 1.83 bits per heavy atom.